The third-order valence-electron chi connectivity index (χ3n) is 2.03. The molecule has 5 nitrogen and oxygen atoms in total. The highest BCUT2D eigenvalue weighted by atomic mass is 16.5. The predicted molar refractivity (Wildman–Crippen MR) is 56.3 cm³/mol. The van der Waals surface area contributed by atoms with Gasteiger partial charge in [0.15, 0.2) is 0 Å². The summed E-state index contributed by atoms with van der Waals surface area (Å²) in [7, 11) is 1.41. The summed E-state index contributed by atoms with van der Waals surface area (Å²) in [5, 5.41) is 3.22. The molecular weight excluding hydrogens is 194 g/mol. The number of methoxy groups -OCH3 is 1. The van der Waals surface area contributed by atoms with E-state index in [1.54, 1.807) is 0 Å². The Morgan fingerprint density at radius 2 is 2.47 bits per heavy atom. The van der Waals surface area contributed by atoms with Crippen LogP contribution in [-0.2, 0) is 16.1 Å². The lowest BCUT2D eigenvalue weighted by Crippen LogP contribution is -2.16. The van der Waals surface area contributed by atoms with Gasteiger partial charge in [0, 0.05) is 24.9 Å². The van der Waals surface area contributed by atoms with E-state index in [0.717, 1.165) is 31.0 Å². The Hall–Kier alpha value is -1.36. The minimum Gasteiger partial charge on any atom is -0.469 e. The van der Waals surface area contributed by atoms with Crippen LogP contribution in [0.4, 0.5) is 0 Å². The molecule has 0 radical (unpaired) electrons. The summed E-state index contributed by atoms with van der Waals surface area (Å²) in [4.78, 5) is 18.0. The summed E-state index contributed by atoms with van der Waals surface area (Å²) < 4.78 is 4.54. The summed E-state index contributed by atoms with van der Waals surface area (Å²) in [6, 6.07) is 0. The molecule has 1 heterocycles. The average molecular weight is 211 g/mol. The molecule has 0 bridgehead atoms. The molecule has 1 aromatic rings. The van der Waals surface area contributed by atoms with Crippen molar-refractivity contribution < 1.29 is 9.53 Å². The minimum atomic E-state index is -0.158. The maximum Gasteiger partial charge on any atom is 0.305 e. The number of aromatic nitrogens is 2. The number of carbonyl (C=O) groups is 1. The fourth-order valence-corrected chi connectivity index (χ4v) is 1.24. The third-order valence-corrected chi connectivity index (χ3v) is 2.03. The number of aryl methyl sites for hydroxylation is 1. The molecule has 0 spiro atoms. The molecule has 84 valence electrons. The van der Waals surface area contributed by atoms with Crippen molar-refractivity contribution in [2.24, 2.45) is 0 Å². The first-order valence-electron chi connectivity index (χ1n) is 5.00. The van der Waals surface area contributed by atoms with E-state index in [0.29, 0.717) is 6.42 Å². The standard InChI is InChI=1S/C10H17N3O2/c1-8-12-7-9(13-8)6-11-5-3-4-10(14)15-2/h7,11H,3-6H2,1-2H3,(H,12,13). The normalized spacial score (nSPS) is 10.3. The van der Waals surface area contributed by atoms with Crippen molar-refractivity contribution in [1.29, 1.82) is 0 Å². The highest BCUT2D eigenvalue weighted by Crippen LogP contribution is 1.95. The first-order valence-corrected chi connectivity index (χ1v) is 5.00. The van der Waals surface area contributed by atoms with Gasteiger partial charge in [-0.25, -0.2) is 4.98 Å². The molecule has 0 unspecified atom stereocenters. The van der Waals surface area contributed by atoms with Crippen molar-refractivity contribution in [2.75, 3.05) is 13.7 Å². The number of esters is 1. The molecule has 0 aliphatic carbocycles. The Kier molecular flexibility index (Phi) is 4.83. The molecule has 0 aliphatic heterocycles. The SMILES string of the molecule is COC(=O)CCCNCc1cnc(C)[nH]1. The maximum absolute atomic E-state index is 10.8. The minimum absolute atomic E-state index is 0.158. The zero-order chi connectivity index (χ0) is 11.1. The second-order valence-corrected chi connectivity index (χ2v) is 3.35. The van der Waals surface area contributed by atoms with Crippen LogP contribution in [0.5, 0.6) is 0 Å². The van der Waals surface area contributed by atoms with Gasteiger partial charge in [-0.05, 0) is 19.9 Å². The lowest BCUT2D eigenvalue weighted by Gasteiger charge is -2.02. The number of imidazole rings is 1. The molecule has 5 heteroatoms. The van der Waals surface area contributed by atoms with Gasteiger partial charge in [0.05, 0.1) is 7.11 Å². The Morgan fingerprint density at radius 3 is 3.07 bits per heavy atom. The zero-order valence-corrected chi connectivity index (χ0v) is 9.17. The summed E-state index contributed by atoms with van der Waals surface area (Å²) in [5.41, 5.74) is 1.06. The van der Waals surface area contributed by atoms with Crippen LogP contribution in [-0.4, -0.2) is 29.6 Å². The lowest BCUT2D eigenvalue weighted by atomic mass is 10.3. The summed E-state index contributed by atoms with van der Waals surface area (Å²) in [5.74, 6) is 0.760. The van der Waals surface area contributed by atoms with Gasteiger partial charge in [-0.2, -0.15) is 0 Å². The smallest absolute Gasteiger partial charge is 0.305 e. The Balaban J connectivity index is 2.05. The molecule has 15 heavy (non-hydrogen) atoms. The third kappa shape index (κ3) is 4.60. The largest absolute Gasteiger partial charge is 0.469 e. The number of nitrogens with one attached hydrogen (secondary N) is 2. The van der Waals surface area contributed by atoms with E-state index in [-0.39, 0.29) is 5.97 Å². The van der Waals surface area contributed by atoms with Gasteiger partial charge in [-0.3, -0.25) is 4.79 Å². The van der Waals surface area contributed by atoms with Crippen LogP contribution in [0.1, 0.15) is 24.4 Å². The molecule has 0 aromatic carbocycles. The quantitative estimate of drug-likeness (QED) is 0.538. The fourth-order valence-electron chi connectivity index (χ4n) is 1.24. The highest BCUT2D eigenvalue weighted by molar-refractivity contribution is 5.69. The monoisotopic (exact) mass is 211 g/mol. The predicted octanol–water partition coefficient (Wildman–Crippen LogP) is 0.761. The Morgan fingerprint density at radius 1 is 1.67 bits per heavy atom. The molecule has 0 saturated carbocycles. The van der Waals surface area contributed by atoms with Crippen LogP contribution in [0.25, 0.3) is 0 Å². The van der Waals surface area contributed by atoms with E-state index in [4.69, 9.17) is 0 Å². The van der Waals surface area contributed by atoms with Crippen LogP contribution in [0, 0.1) is 6.92 Å². The molecular formula is C10H17N3O2. The van der Waals surface area contributed by atoms with E-state index in [1.165, 1.54) is 7.11 Å². The van der Waals surface area contributed by atoms with E-state index < -0.39 is 0 Å². The molecule has 0 saturated heterocycles. The Labute approximate surface area is 89.2 Å². The number of rotatable bonds is 6. The fraction of sp³-hybridized carbons (Fsp3) is 0.600. The topological polar surface area (TPSA) is 67.0 Å². The second-order valence-electron chi connectivity index (χ2n) is 3.35. The van der Waals surface area contributed by atoms with Crippen molar-refractivity contribution >= 4 is 5.97 Å². The van der Waals surface area contributed by atoms with Gasteiger partial charge >= 0.3 is 5.97 Å². The molecule has 1 rings (SSSR count). The first kappa shape index (κ1) is 11.7. The maximum atomic E-state index is 10.8. The first-order chi connectivity index (χ1) is 7.22. The number of hydrogen-bond donors (Lipinski definition) is 2. The molecule has 1 aromatic heterocycles. The number of ether oxygens (including phenoxy) is 1. The van der Waals surface area contributed by atoms with E-state index >= 15 is 0 Å². The summed E-state index contributed by atoms with van der Waals surface area (Å²) in [6.07, 6.45) is 3.06. The van der Waals surface area contributed by atoms with E-state index in [1.807, 2.05) is 13.1 Å². The van der Waals surface area contributed by atoms with Gasteiger partial charge in [-0.1, -0.05) is 0 Å². The van der Waals surface area contributed by atoms with Crippen LogP contribution in [0.3, 0.4) is 0 Å². The lowest BCUT2D eigenvalue weighted by molar-refractivity contribution is -0.140. The van der Waals surface area contributed by atoms with Gasteiger partial charge < -0.3 is 15.0 Å². The van der Waals surface area contributed by atoms with Crippen molar-refractivity contribution in [3.8, 4) is 0 Å². The van der Waals surface area contributed by atoms with Crippen LogP contribution in [0.15, 0.2) is 6.20 Å². The van der Waals surface area contributed by atoms with Crippen LogP contribution < -0.4 is 5.32 Å². The van der Waals surface area contributed by atoms with Crippen molar-refractivity contribution in [2.45, 2.75) is 26.3 Å². The molecule has 0 atom stereocenters. The summed E-state index contributed by atoms with van der Waals surface area (Å²) >= 11 is 0. The molecule has 0 fully saturated rings. The number of H-pyrrole nitrogens is 1. The number of hydrogen-bond acceptors (Lipinski definition) is 4. The Bertz CT molecular complexity index is 309. The van der Waals surface area contributed by atoms with Crippen LogP contribution in [0.2, 0.25) is 0 Å². The van der Waals surface area contributed by atoms with E-state index in [9.17, 15) is 4.79 Å². The number of aromatic amines is 1. The summed E-state index contributed by atoms with van der Waals surface area (Å²) in [6.45, 7) is 3.47. The molecule has 2 N–H and O–H groups in total. The highest BCUT2D eigenvalue weighted by Gasteiger charge is 1.99. The van der Waals surface area contributed by atoms with Gasteiger partial charge in [0.25, 0.3) is 0 Å². The van der Waals surface area contributed by atoms with Gasteiger partial charge in [0.2, 0.25) is 0 Å². The van der Waals surface area contributed by atoms with Crippen molar-refractivity contribution in [3.63, 3.8) is 0 Å². The second kappa shape index (κ2) is 6.19. The van der Waals surface area contributed by atoms with Gasteiger partial charge in [0.1, 0.15) is 5.82 Å². The van der Waals surface area contributed by atoms with E-state index in [2.05, 4.69) is 20.0 Å². The zero-order valence-electron chi connectivity index (χ0n) is 9.17. The number of carbonyl (C=O) groups excluding carboxylic acids is 1. The molecule has 0 amide bonds. The average Bonchev–Trinajstić information content (AvgIpc) is 2.63. The van der Waals surface area contributed by atoms with Crippen molar-refractivity contribution in [1.82, 2.24) is 15.3 Å². The van der Waals surface area contributed by atoms with Crippen molar-refractivity contribution in [3.05, 3.63) is 17.7 Å². The van der Waals surface area contributed by atoms with Gasteiger partial charge in [-0.15, -0.1) is 0 Å². The number of nitrogens with zero attached hydrogens (tertiary/aromatic N) is 1. The molecule has 0 aliphatic rings. The van der Waals surface area contributed by atoms with Crippen LogP contribution >= 0.6 is 0 Å².